The van der Waals surface area contributed by atoms with Gasteiger partial charge in [-0.05, 0) is 29.8 Å². The van der Waals surface area contributed by atoms with Gasteiger partial charge in [0.25, 0.3) is 0 Å². The van der Waals surface area contributed by atoms with Crippen molar-refractivity contribution in [1.82, 2.24) is 14.5 Å². The molecule has 4 heteroatoms. The molecular formula is C16H15N3O. The van der Waals surface area contributed by atoms with Crippen LogP contribution in [0.2, 0.25) is 0 Å². The standard InChI is InChI=1S/C16H15N3O/c1-19-15-5-3-2-4-14(15)18-16(19)11-13(20)10-12-6-8-17-9-7-12/h2-9H,10-11H2,1H3. The molecule has 0 saturated heterocycles. The predicted octanol–water partition coefficient (Wildman–Crippen LogP) is 2.32. The first-order valence-electron chi connectivity index (χ1n) is 6.55. The lowest BCUT2D eigenvalue weighted by Gasteiger charge is -2.02. The Bertz CT molecular complexity index is 747. The van der Waals surface area contributed by atoms with Crippen LogP contribution in [0.15, 0.2) is 48.8 Å². The lowest BCUT2D eigenvalue weighted by Crippen LogP contribution is -2.10. The summed E-state index contributed by atoms with van der Waals surface area (Å²) in [5, 5.41) is 0. The molecule has 0 aliphatic rings. The minimum atomic E-state index is 0.162. The van der Waals surface area contributed by atoms with Gasteiger partial charge in [-0.3, -0.25) is 9.78 Å². The maximum atomic E-state index is 12.1. The monoisotopic (exact) mass is 265 g/mol. The Hall–Kier alpha value is -2.49. The fourth-order valence-corrected chi connectivity index (χ4v) is 2.32. The SMILES string of the molecule is Cn1c(CC(=O)Cc2ccncc2)nc2ccccc21. The summed E-state index contributed by atoms with van der Waals surface area (Å²) in [6.45, 7) is 0. The number of carbonyl (C=O) groups excluding carboxylic acids is 1. The Morgan fingerprint density at radius 1 is 1.10 bits per heavy atom. The first-order valence-corrected chi connectivity index (χ1v) is 6.55. The van der Waals surface area contributed by atoms with E-state index in [0.717, 1.165) is 22.4 Å². The van der Waals surface area contributed by atoms with Gasteiger partial charge < -0.3 is 4.57 Å². The molecule has 0 unspecified atom stereocenters. The van der Waals surface area contributed by atoms with Crippen molar-refractivity contribution in [3.63, 3.8) is 0 Å². The van der Waals surface area contributed by atoms with Crippen molar-refractivity contribution < 1.29 is 4.79 Å². The highest BCUT2D eigenvalue weighted by molar-refractivity contribution is 5.84. The molecule has 1 aromatic carbocycles. The van der Waals surface area contributed by atoms with Gasteiger partial charge in [-0.25, -0.2) is 4.98 Å². The summed E-state index contributed by atoms with van der Waals surface area (Å²) >= 11 is 0. The van der Waals surface area contributed by atoms with E-state index in [-0.39, 0.29) is 5.78 Å². The molecule has 3 rings (SSSR count). The third-order valence-electron chi connectivity index (χ3n) is 3.39. The third-order valence-corrected chi connectivity index (χ3v) is 3.39. The lowest BCUT2D eigenvalue weighted by molar-refractivity contribution is -0.117. The number of pyridine rings is 1. The first-order chi connectivity index (χ1) is 9.74. The van der Waals surface area contributed by atoms with Crippen molar-refractivity contribution in [1.29, 1.82) is 0 Å². The molecule has 0 fully saturated rings. The molecule has 2 aromatic heterocycles. The summed E-state index contributed by atoms with van der Waals surface area (Å²) in [5.74, 6) is 0.972. The fourth-order valence-electron chi connectivity index (χ4n) is 2.32. The molecule has 0 spiro atoms. The lowest BCUT2D eigenvalue weighted by atomic mass is 10.1. The number of hydrogen-bond donors (Lipinski definition) is 0. The van der Waals surface area contributed by atoms with E-state index in [9.17, 15) is 4.79 Å². The number of rotatable bonds is 4. The zero-order valence-electron chi connectivity index (χ0n) is 11.3. The predicted molar refractivity (Wildman–Crippen MR) is 77.4 cm³/mol. The van der Waals surface area contributed by atoms with E-state index in [1.165, 1.54) is 0 Å². The van der Waals surface area contributed by atoms with Crippen LogP contribution in [-0.4, -0.2) is 20.3 Å². The number of hydrogen-bond acceptors (Lipinski definition) is 3. The molecule has 100 valence electrons. The van der Waals surface area contributed by atoms with Crippen LogP contribution in [-0.2, 0) is 24.7 Å². The largest absolute Gasteiger partial charge is 0.331 e. The van der Waals surface area contributed by atoms with Gasteiger partial charge in [0.1, 0.15) is 11.6 Å². The second-order valence-corrected chi connectivity index (χ2v) is 4.82. The second-order valence-electron chi connectivity index (χ2n) is 4.82. The summed E-state index contributed by atoms with van der Waals surface area (Å²) in [6.07, 6.45) is 4.19. The molecule has 0 aliphatic carbocycles. The van der Waals surface area contributed by atoms with Crippen molar-refractivity contribution in [3.8, 4) is 0 Å². The zero-order chi connectivity index (χ0) is 13.9. The van der Waals surface area contributed by atoms with Crippen LogP contribution >= 0.6 is 0 Å². The van der Waals surface area contributed by atoms with Crippen LogP contribution in [0.4, 0.5) is 0 Å². The van der Waals surface area contributed by atoms with Crippen molar-refractivity contribution in [2.24, 2.45) is 7.05 Å². The number of fused-ring (bicyclic) bond motifs is 1. The topological polar surface area (TPSA) is 47.8 Å². The van der Waals surface area contributed by atoms with Crippen LogP contribution in [0.25, 0.3) is 11.0 Å². The zero-order valence-corrected chi connectivity index (χ0v) is 11.3. The number of carbonyl (C=O) groups is 1. The van der Waals surface area contributed by atoms with Gasteiger partial charge in [0, 0.05) is 25.9 Å². The summed E-state index contributed by atoms with van der Waals surface area (Å²) < 4.78 is 1.99. The van der Waals surface area contributed by atoms with Gasteiger partial charge in [-0.2, -0.15) is 0 Å². The highest BCUT2D eigenvalue weighted by Crippen LogP contribution is 2.15. The van der Waals surface area contributed by atoms with Crippen molar-refractivity contribution in [2.75, 3.05) is 0 Å². The molecule has 20 heavy (non-hydrogen) atoms. The van der Waals surface area contributed by atoms with Gasteiger partial charge in [0.15, 0.2) is 0 Å². The Balaban J connectivity index is 1.79. The summed E-state index contributed by atoms with van der Waals surface area (Å²) in [5.41, 5.74) is 2.98. The number of imidazole rings is 1. The van der Waals surface area contributed by atoms with Gasteiger partial charge in [0.05, 0.1) is 17.5 Å². The molecule has 2 heterocycles. The first kappa shape index (κ1) is 12.5. The van der Waals surface area contributed by atoms with Crippen molar-refractivity contribution in [2.45, 2.75) is 12.8 Å². The Labute approximate surface area is 117 Å². The number of Topliss-reactive ketones (excluding diaryl/α,β-unsaturated/α-hetero) is 1. The fraction of sp³-hybridized carbons (Fsp3) is 0.188. The molecule has 0 atom stereocenters. The van der Waals surface area contributed by atoms with Gasteiger partial charge in [-0.1, -0.05) is 12.1 Å². The molecule has 0 radical (unpaired) electrons. The van der Waals surface area contributed by atoms with E-state index in [2.05, 4.69) is 9.97 Å². The maximum absolute atomic E-state index is 12.1. The van der Waals surface area contributed by atoms with Gasteiger partial charge in [0.2, 0.25) is 0 Å². The van der Waals surface area contributed by atoms with E-state index in [0.29, 0.717) is 12.8 Å². The Morgan fingerprint density at radius 2 is 1.85 bits per heavy atom. The summed E-state index contributed by atoms with van der Waals surface area (Å²) in [4.78, 5) is 20.6. The average Bonchev–Trinajstić information content (AvgIpc) is 2.77. The molecule has 0 saturated carbocycles. The Kier molecular flexibility index (Phi) is 3.29. The molecule has 4 nitrogen and oxygen atoms in total. The highest BCUT2D eigenvalue weighted by Gasteiger charge is 2.11. The van der Waals surface area contributed by atoms with Crippen LogP contribution in [0.1, 0.15) is 11.4 Å². The highest BCUT2D eigenvalue weighted by atomic mass is 16.1. The van der Waals surface area contributed by atoms with E-state index in [1.807, 2.05) is 48.0 Å². The molecule has 0 amide bonds. The quantitative estimate of drug-likeness (QED) is 0.727. The summed E-state index contributed by atoms with van der Waals surface area (Å²) in [7, 11) is 1.95. The van der Waals surface area contributed by atoms with Crippen molar-refractivity contribution in [3.05, 3.63) is 60.2 Å². The van der Waals surface area contributed by atoms with Gasteiger partial charge >= 0.3 is 0 Å². The smallest absolute Gasteiger partial charge is 0.144 e. The number of benzene rings is 1. The third kappa shape index (κ3) is 2.45. The number of ketones is 1. The molecule has 0 bridgehead atoms. The van der Waals surface area contributed by atoms with E-state index < -0.39 is 0 Å². The van der Waals surface area contributed by atoms with Crippen LogP contribution in [0.3, 0.4) is 0 Å². The molecule has 0 N–H and O–H groups in total. The van der Waals surface area contributed by atoms with Crippen LogP contribution in [0, 0.1) is 0 Å². The summed E-state index contributed by atoms with van der Waals surface area (Å²) in [6, 6.07) is 11.6. The van der Waals surface area contributed by atoms with E-state index in [1.54, 1.807) is 12.4 Å². The normalized spacial score (nSPS) is 10.8. The average molecular weight is 265 g/mol. The number of nitrogens with zero attached hydrogens (tertiary/aromatic N) is 3. The Morgan fingerprint density at radius 3 is 2.60 bits per heavy atom. The second kappa shape index (κ2) is 5.25. The van der Waals surface area contributed by atoms with E-state index in [4.69, 9.17) is 0 Å². The minimum absolute atomic E-state index is 0.162. The van der Waals surface area contributed by atoms with E-state index >= 15 is 0 Å². The molecular weight excluding hydrogens is 250 g/mol. The van der Waals surface area contributed by atoms with Gasteiger partial charge in [-0.15, -0.1) is 0 Å². The number of aromatic nitrogens is 3. The molecule has 0 aliphatic heterocycles. The minimum Gasteiger partial charge on any atom is -0.331 e. The van der Waals surface area contributed by atoms with Crippen LogP contribution < -0.4 is 0 Å². The number of aryl methyl sites for hydroxylation is 1. The molecule has 3 aromatic rings. The number of para-hydroxylation sites is 2. The van der Waals surface area contributed by atoms with Crippen LogP contribution in [0.5, 0.6) is 0 Å². The maximum Gasteiger partial charge on any atom is 0.144 e. The van der Waals surface area contributed by atoms with Crippen molar-refractivity contribution >= 4 is 16.8 Å².